The number of unbranched alkanes of at least 4 members (excludes halogenated alkanes) is 6. The summed E-state index contributed by atoms with van der Waals surface area (Å²) in [6.45, 7) is 38.4. The third-order valence-electron chi connectivity index (χ3n) is 15.7. The van der Waals surface area contributed by atoms with Crippen molar-refractivity contribution in [3.63, 3.8) is 0 Å². The molecular weight excluding hydrogens is 679 g/mol. The van der Waals surface area contributed by atoms with E-state index < -0.39 is 0 Å². The summed E-state index contributed by atoms with van der Waals surface area (Å²) >= 11 is 0. The Labute approximate surface area is 352 Å². The molecule has 0 aromatic rings. The molecule has 5 saturated carbocycles. The SMILES string of the molecule is C#C.C=C(C)C.C=CC1CC2(C)C(CC(C)C3C45CCC(C)C(C)C4CCC325)C1C(CCCCCCNCCCCCCN)CCCC(C)C.C=CN.CCC. The number of hydrogen-bond acceptors (Lipinski definition) is 3. The molecule has 0 bridgehead atoms. The molecule has 0 radical (unpaired) electrons. The van der Waals surface area contributed by atoms with Crippen LogP contribution >= 0.6 is 0 Å². The summed E-state index contributed by atoms with van der Waals surface area (Å²) in [7, 11) is 0. The second-order valence-electron chi connectivity index (χ2n) is 20.3. The minimum absolute atomic E-state index is 0.551. The molecule has 326 valence electrons. The van der Waals surface area contributed by atoms with Crippen molar-refractivity contribution in [1.82, 2.24) is 5.32 Å². The minimum atomic E-state index is 0.551. The fourth-order valence-corrected chi connectivity index (χ4v) is 13.9. The summed E-state index contributed by atoms with van der Waals surface area (Å²) in [6.07, 6.45) is 38.7. The number of fused-ring (bicyclic) bond motifs is 1. The Balaban J connectivity index is 0.00000116. The molecule has 0 aliphatic heterocycles. The molecule has 12 atom stereocenters. The molecule has 2 spiro atoms. The highest BCUT2D eigenvalue weighted by atomic mass is 14.9. The first-order valence-corrected chi connectivity index (χ1v) is 24.1. The number of terminal acetylenes is 1. The lowest BCUT2D eigenvalue weighted by molar-refractivity contribution is -0.0107. The van der Waals surface area contributed by atoms with Gasteiger partial charge in [-0.1, -0.05) is 138 Å². The van der Waals surface area contributed by atoms with Gasteiger partial charge in [0.05, 0.1) is 0 Å². The van der Waals surface area contributed by atoms with Crippen LogP contribution in [0, 0.1) is 88.3 Å². The topological polar surface area (TPSA) is 64.1 Å². The standard InChI is InChI=1S/C42H76N2.C4H8.C3H8.C2H5N.C2H2/c1-8-34-29-40(7)37(28-32(5)39-41-23-21-31(4)33(6)36(41)22-24-42(39,40)41)38(34)35(20-17-18-30(2)3)19-13-9-11-15-26-44-27-16-12-10-14-25-43;1-4(2)3;1-3-2;1-2-3;1-2/h8,30-39,44H,1,9-29,43H2,2-7H3;1H2,2-3H3;3H2,1-2H3;2H,1,3H2;1-2H. The van der Waals surface area contributed by atoms with Crippen molar-refractivity contribution >= 4 is 0 Å². The maximum Gasteiger partial charge on any atom is -0.00489 e. The van der Waals surface area contributed by atoms with Crippen LogP contribution in [0.25, 0.3) is 0 Å². The summed E-state index contributed by atoms with van der Waals surface area (Å²) in [4.78, 5) is 0. The van der Waals surface area contributed by atoms with Crippen molar-refractivity contribution in [3.05, 3.63) is 37.6 Å². The lowest BCUT2D eigenvalue weighted by Gasteiger charge is -2.49. The van der Waals surface area contributed by atoms with E-state index in [9.17, 15) is 0 Å². The summed E-state index contributed by atoms with van der Waals surface area (Å²) in [5.41, 5.74) is 13.3. The van der Waals surface area contributed by atoms with Gasteiger partial charge < -0.3 is 16.8 Å². The highest BCUT2D eigenvalue weighted by Crippen LogP contribution is 2.95. The normalized spacial score (nSPS) is 34.8. The quantitative estimate of drug-likeness (QED) is 0.0695. The number of nitrogens with two attached hydrogens (primary N) is 2. The van der Waals surface area contributed by atoms with Crippen molar-refractivity contribution in [2.45, 2.75) is 191 Å². The molecule has 5 aliphatic carbocycles. The van der Waals surface area contributed by atoms with Gasteiger partial charge >= 0.3 is 0 Å². The molecule has 5 aliphatic rings. The van der Waals surface area contributed by atoms with Gasteiger partial charge in [-0.3, -0.25) is 0 Å². The molecule has 12 unspecified atom stereocenters. The third kappa shape index (κ3) is 12.5. The molecule has 0 amide bonds. The van der Waals surface area contributed by atoms with Gasteiger partial charge in [-0.05, 0) is 173 Å². The fourth-order valence-electron chi connectivity index (χ4n) is 13.9. The van der Waals surface area contributed by atoms with Gasteiger partial charge in [0.1, 0.15) is 0 Å². The van der Waals surface area contributed by atoms with Gasteiger partial charge in [-0.25, -0.2) is 0 Å². The molecular formula is C53H99N3. The Morgan fingerprint density at radius 2 is 1.36 bits per heavy atom. The van der Waals surface area contributed by atoms with E-state index in [4.69, 9.17) is 5.73 Å². The molecule has 0 aromatic heterocycles. The van der Waals surface area contributed by atoms with Crippen LogP contribution in [-0.4, -0.2) is 19.6 Å². The first kappa shape index (κ1) is 52.5. The Kier molecular flexibility index (Phi) is 24.9. The van der Waals surface area contributed by atoms with Gasteiger partial charge in [0.15, 0.2) is 0 Å². The number of nitrogens with one attached hydrogen (secondary N) is 1. The van der Waals surface area contributed by atoms with Gasteiger partial charge in [-0.2, -0.15) is 0 Å². The Bertz CT molecular complexity index is 1100. The second-order valence-corrected chi connectivity index (χ2v) is 20.3. The van der Waals surface area contributed by atoms with E-state index in [0.29, 0.717) is 16.2 Å². The average Bonchev–Trinajstić information content (AvgIpc) is 3.42. The van der Waals surface area contributed by atoms with Gasteiger partial charge in [-0.15, -0.1) is 26.0 Å². The molecule has 5 fully saturated rings. The largest absolute Gasteiger partial charge is 0.405 e. The lowest BCUT2D eigenvalue weighted by atomic mass is 9.55. The summed E-state index contributed by atoms with van der Waals surface area (Å²) in [6, 6.07) is 0. The Morgan fingerprint density at radius 1 is 0.821 bits per heavy atom. The van der Waals surface area contributed by atoms with E-state index in [1.165, 1.54) is 128 Å². The van der Waals surface area contributed by atoms with Gasteiger partial charge in [0, 0.05) is 0 Å². The number of rotatable bonds is 19. The molecule has 3 nitrogen and oxygen atoms in total. The van der Waals surface area contributed by atoms with Crippen LogP contribution in [0.2, 0.25) is 0 Å². The van der Waals surface area contributed by atoms with Crippen molar-refractivity contribution in [2.75, 3.05) is 19.6 Å². The number of hydrogen-bond donors (Lipinski definition) is 3. The number of allylic oxidation sites excluding steroid dienone is 2. The maximum absolute atomic E-state index is 5.63. The van der Waals surface area contributed by atoms with E-state index in [1.807, 2.05) is 13.8 Å². The second kappa shape index (κ2) is 26.6. The average molecular weight is 778 g/mol. The molecule has 5 N–H and O–H groups in total. The predicted molar refractivity (Wildman–Crippen MR) is 252 cm³/mol. The predicted octanol–water partition coefficient (Wildman–Crippen LogP) is 14.4. The first-order valence-electron chi connectivity index (χ1n) is 24.1. The molecule has 5 rings (SSSR count). The molecule has 56 heavy (non-hydrogen) atoms. The van der Waals surface area contributed by atoms with Gasteiger partial charge in [0.25, 0.3) is 0 Å². The maximum atomic E-state index is 5.63. The van der Waals surface area contributed by atoms with Crippen LogP contribution < -0.4 is 16.8 Å². The van der Waals surface area contributed by atoms with E-state index >= 15 is 0 Å². The van der Waals surface area contributed by atoms with Crippen LogP contribution in [0.4, 0.5) is 0 Å². The van der Waals surface area contributed by atoms with E-state index in [1.54, 1.807) is 19.3 Å². The molecule has 0 saturated heterocycles. The fraction of sp³-hybridized carbons (Fsp3) is 0.849. The van der Waals surface area contributed by atoms with Crippen molar-refractivity contribution in [1.29, 1.82) is 0 Å². The zero-order valence-corrected chi connectivity index (χ0v) is 39.4. The van der Waals surface area contributed by atoms with E-state index in [2.05, 4.69) is 105 Å². The van der Waals surface area contributed by atoms with Crippen LogP contribution in [0.15, 0.2) is 37.6 Å². The zero-order valence-electron chi connectivity index (χ0n) is 39.4. The monoisotopic (exact) mass is 778 g/mol. The molecule has 0 heterocycles. The first-order chi connectivity index (χ1) is 26.8. The molecule has 3 heteroatoms. The van der Waals surface area contributed by atoms with E-state index in [-0.39, 0.29) is 0 Å². The highest BCUT2D eigenvalue weighted by Gasteiger charge is 2.89. The van der Waals surface area contributed by atoms with Crippen molar-refractivity contribution in [2.24, 2.45) is 86.9 Å². The third-order valence-corrected chi connectivity index (χ3v) is 15.7. The Hall–Kier alpha value is -1.50. The lowest BCUT2D eigenvalue weighted by Crippen LogP contribution is -2.43. The summed E-state index contributed by atoms with van der Waals surface area (Å²) < 4.78 is 0. The summed E-state index contributed by atoms with van der Waals surface area (Å²) in [5, 5.41) is 3.71. The van der Waals surface area contributed by atoms with Gasteiger partial charge in [0.2, 0.25) is 0 Å². The van der Waals surface area contributed by atoms with Crippen molar-refractivity contribution < 1.29 is 0 Å². The van der Waals surface area contributed by atoms with Crippen LogP contribution in [0.5, 0.6) is 0 Å². The zero-order chi connectivity index (χ0) is 42.5. The van der Waals surface area contributed by atoms with E-state index in [0.717, 1.165) is 65.7 Å². The van der Waals surface area contributed by atoms with Crippen molar-refractivity contribution in [3.8, 4) is 12.8 Å². The summed E-state index contributed by atoms with van der Waals surface area (Å²) in [5.74, 6) is 9.18. The van der Waals surface area contributed by atoms with Crippen LogP contribution in [0.3, 0.4) is 0 Å². The minimum Gasteiger partial charge on any atom is -0.405 e. The smallest absolute Gasteiger partial charge is 0.00489 e. The highest BCUT2D eigenvalue weighted by molar-refractivity contribution is 5.37. The molecule has 0 aromatic carbocycles. The van der Waals surface area contributed by atoms with Crippen LogP contribution in [-0.2, 0) is 0 Å². The Morgan fingerprint density at radius 3 is 1.89 bits per heavy atom. The van der Waals surface area contributed by atoms with Crippen LogP contribution in [0.1, 0.15) is 191 Å².